The van der Waals surface area contributed by atoms with E-state index in [-0.39, 0.29) is 22.0 Å². The zero-order valence-electron chi connectivity index (χ0n) is 16.8. The normalized spacial score (nSPS) is 18.3. The molecule has 1 aliphatic carbocycles. The highest BCUT2D eigenvalue weighted by atomic mass is 35.5. The third kappa shape index (κ3) is 5.11. The Labute approximate surface area is 218 Å². The van der Waals surface area contributed by atoms with Crippen molar-refractivity contribution in [1.29, 1.82) is 0 Å². The van der Waals surface area contributed by atoms with E-state index in [1.165, 1.54) is 18.2 Å². The van der Waals surface area contributed by atoms with Crippen LogP contribution in [0, 0.1) is 17.6 Å². The lowest BCUT2D eigenvalue weighted by Gasteiger charge is -2.11. The van der Waals surface area contributed by atoms with E-state index in [4.69, 9.17) is 58.0 Å². The highest BCUT2D eigenvalue weighted by Crippen LogP contribution is 2.65. The fourth-order valence-corrected chi connectivity index (χ4v) is 5.18. The number of benzene rings is 3. The van der Waals surface area contributed by atoms with Crippen LogP contribution < -0.4 is 10.6 Å². The van der Waals surface area contributed by atoms with E-state index < -0.39 is 39.6 Å². The average molecular weight is 565 g/mol. The molecule has 2 atom stereocenters. The second-order valence-corrected chi connectivity index (χ2v) is 10.3. The molecule has 4 rings (SSSR count). The molecule has 11 heteroatoms. The minimum atomic E-state index is -1.39. The molecular weight excluding hydrogens is 552 g/mol. The standard InChI is InChI=1S/C23H13Cl5F2N2O2/c24-11-5-10(6-12(25)7-11)19-20(23(19,27)28)22(34)31-14-2-3-16(26)15(9-14)21(33)32-18-8-13(29)1-4-17(18)30/h1-9,19-20H,(H,31,34)(H,32,33). The van der Waals surface area contributed by atoms with Gasteiger partial charge in [-0.2, -0.15) is 0 Å². The number of rotatable bonds is 5. The van der Waals surface area contributed by atoms with Crippen LogP contribution in [0.1, 0.15) is 21.8 Å². The molecule has 1 saturated carbocycles. The average Bonchev–Trinajstić information content (AvgIpc) is 3.33. The largest absolute Gasteiger partial charge is 0.326 e. The number of amides is 2. The first kappa shape index (κ1) is 25.0. The first-order valence-electron chi connectivity index (χ1n) is 9.68. The van der Waals surface area contributed by atoms with E-state index in [1.54, 1.807) is 18.2 Å². The van der Waals surface area contributed by atoms with Crippen molar-refractivity contribution in [1.82, 2.24) is 0 Å². The quantitative estimate of drug-likeness (QED) is 0.312. The van der Waals surface area contributed by atoms with Gasteiger partial charge in [-0.1, -0.05) is 34.8 Å². The molecule has 0 radical (unpaired) electrons. The predicted octanol–water partition coefficient (Wildman–Crippen LogP) is 7.70. The number of carbonyl (C=O) groups is 2. The monoisotopic (exact) mass is 562 g/mol. The van der Waals surface area contributed by atoms with E-state index in [1.807, 2.05) is 0 Å². The fraction of sp³-hybridized carbons (Fsp3) is 0.130. The Morgan fingerprint density at radius 2 is 1.53 bits per heavy atom. The summed E-state index contributed by atoms with van der Waals surface area (Å²) in [4.78, 5) is 25.5. The van der Waals surface area contributed by atoms with Gasteiger partial charge >= 0.3 is 0 Å². The molecule has 3 aromatic carbocycles. The molecule has 1 aliphatic rings. The Hall–Kier alpha value is -2.09. The van der Waals surface area contributed by atoms with E-state index in [0.29, 0.717) is 15.6 Å². The summed E-state index contributed by atoms with van der Waals surface area (Å²) in [5.41, 5.74) is 0.403. The predicted molar refractivity (Wildman–Crippen MR) is 132 cm³/mol. The van der Waals surface area contributed by atoms with Crippen LogP contribution in [0.25, 0.3) is 0 Å². The summed E-state index contributed by atoms with van der Waals surface area (Å²) in [6, 6.07) is 11.6. The van der Waals surface area contributed by atoms with Crippen molar-refractivity contribution >= 4 is 81.2 Å². The maximum atomic E-state index is 13.9. The summed E-state index contributed by atoms with van der Waals surface area (Å²) in [7, 11) is 0. The molecule has 2 amide bonds. The zero-order valence-corrected chi connectivity index (χ0v) is 20.6. The van der Waals surface area contributed by atoms with E-state index >= 15 is 0 Å². The summed E-state index contributed by atoms with van der Waals surface area (Å²) < 4.78 is 25.9. The van der Waals surface area contributed by atoms with Gasteiger partial charge in [0.2, 0.25) is 5.91 Å². The summed E-state index contributed by atoms with van der Waals surface area (Å²) in [6.07, 6.45) is 0. The van der Waals surface area contributed by atoms with Crippen molar-refractivity contribution in [3.05, 3.63) is 92.4 Å². The Morgan fingerprint density at radius 3 is 2.21 bits per heavy atom. The van der Waals surface area contributed by atoms with Gasteiger partial charge in [0.05, 0.1) is 22.2 Å². The van der Waals surface area contributed by atoms with Gasteiger partial charge in [-0.05, 0) is 54.1 Å². The van der Waals surface area contributed by atoms with Crippen LogP contribution in [0.5, 0.6) is 0 Å². The first-order valence-corrected chi connectivity index (χ1v) is 11.6. The molecule has 34 heavy (non-hydrogen) atoms. The van der Waals surface area contributed by atoms with Crippen molar-refractivity contribution < 1.29 is 18.4 Å². The Kier molecular flexibility index (Phi) is 7.00. The molecule has 0 heterocycles. The molecular formula is C23H13Cl5F2N2O2. The van der Waals surface area contributed by atoms with Crippen LogP contribution in [-0.2, 0) is 4.79 Å². The molecule has 0 aromatic heterocycles. The Morgan fingerprint density at radius 1 is 0.853 bits per heavy atom. The molecule has 0 bridgehead atoms. The molecule has 1 fully saturated rings. The molecule has 176 valence electrons. The Bertz CT molecular complexity index is 1300. The second-order valence-electron chi connectivity index (χ2n) is 7.59. The number of alkyl halides is 2. The highest BCUT2D eigenvalue weighted by molar-refractivity contribution is 6.53. The third-order valence-corrected chi connectivity index (χ3v) is 6.94. The third-order valence-electron chi connectivity index (χ3n) is 5.24. The summed E-state index contributed by atoms with van der Waals surface area (Å²) in [5.74, 6) is -4.23. The maximum Gasteiger partial charge on any atom is 0.257 e. The van der Waals surface area contributed by atoms with E-state index in [2.05, 4.69) is 10.6 Å². The van der Waals surface area contributed by atoms with Gasteiger partial charge < -0.3 is 10.6 Å². The lowest BCUT2D eigenvalue weighted by Crippen LogP contribution is -2.18. The van der Waals surface area contributed by atoms with E-state index in [0.717, 1.165) is 18.2 Å². The number of halogens is 7. The minimum absolute atomic E-state index is 0.0363. The van der Waals surface area contributed by atoms with Gasteiger partial charge in [0, 0.05) is 27.7 Å². The van der Waals surface area contributed by atoms with Crippen LogP contribution in [0.3, 0.4) is 0 Å². The number of nitrogens with one attached hydrogen (secondary N) is 2. The Balaban J connectivity index is 1.52. The first-order chi connectivity index (χ1) is 16.0. The van der Waals surface area contributed by atoms with Gasteiger partial charge in [0.1, 0.15) is 16.0 Å². The van der Waals surface area contributed by atoms with Gasteiger partial charge in [0.25, 0.3) is 5.91 Å². The second kappa shape index (κ2) is 9.51. The molecule has 0 saturated heterocycles. The summed E-state index contributed by atoms with van der Waals surface area (Å²) in [5, 5.41) is 5.69. The molecule has 2 unspecified atom stereocenters. The van der Waals surface area contributed by atoms with Gasteiger partial charge in [-0.3, -0.25) is 9.59 Å². The van der Waals surface area contributed by atoms with Crippen LogP contribution in [-0.4, -0.2) is 16.1 Å². The molecule has 0 aliphatic heterocycles. The number of hydrogen-bond acceptors (Lipinski definition) is 2. The minimum Gasteiger partial charge on any atom is -0.326 e. The van der Waals surface area contributed by atoms with Crippen LogP contribution >= 0.6 is 58.0 Å². The van der Waals surface area contributed by atoms with Gasteiger partial charge in [-0.15, -0.1) is 23.2 Å². The number of carbonyl (C=O) groups excluding carboxylic acids is 2. The highest BCUT2D eigenvalue weighted by Gasteiger charge is 2.67. The molecule has 0 spiro atoms. The lowest BCUT2D eigenvalue weighted by molar-refractivity contribution is -0.117. The summed E-state index contributed by atoms with van der Waals surface area (Å²) in [6.45, 7) is 0. The van der Waals surface area contributed by atoms with Crippen molar-refractivity contribution in [3.63, 3.8) is 0 Å². The molecule has 4 nitrogen and oxygen atoms in total. The van der Waals surface area contributed by atoms with Crippen molar-refractivity contribution in [2.24, 2.45) is 5.92 Å². The van der Waals surface area contributed by atoms with Crippen molar-refractivity contribution in [3.8, 4) is 0 Å². The number of hydrogen-bond donors (Lipinski definition) is 2. The smallest absolute Gasteiger partial charge is 0.257 e. The maximum absolute atomic E-state index is 13.9. The molecule has 2 N–H and O–H groups in total. The van der Waals surface area contributed by atoms with Gasteiger partial charge in [-0.25, -0.2) is 8.78 Å². The van der Waals surface area contributed by atoms with Crippen molar-refractivity contribution in [2.75, 3.05) is 10.6 Å². The number of anilines is 2. The van der Waals surface area contributed by atoms with Crippen LogP contribution in [0.4, 0.5) is 20.2 Å². The van der Waals surface area contributed by atoms with Gasteiger partial charge in [0.15, 0.2) is 0 Å². The SMILES string of the molecule is O=C(Nc1cc(F)ccc1F)c1cc(NC(=O)C2C(c3cc(Cl)cc(Cl)c3)C2(Cl)Cl)ccc1Cl. The fourth-order valence-electron chi connectivity index (χ4n) is 3.60. The van der Waals surface area contributed by atoms with Crippen LogP contribution in [0.2, 0.25) is 15.1 Å². The topological polar surface area (TPSA) is 58.2 Å². The van der Waals surface area contributed by atoms with E-state index in [9.17, 15) is 18.4 Å². The zero-order chi connectivity index (χ0) is 24.8. The molecule has 3 aromatic rings. The van der Waals surface area contributed by atoms with Crippen molar-refractivity contribution in [2.45, 2.75) is 10.3 Å². The lowest BCUT2D eigenvalue weighted by atomic mass is 10.1. The van der Waals surface area contributed by atoms with Crippen LogP contribution in [0.15, 0.2) is 54.6 Å². The summed E-state index contributed by atoms with van der Waals surface area (Å²) >= 11 is 30.9.